The normalized spacial score (nSPS) is 18.0. The number of ether oxygens (including phenoxy) is 1. The van der Waals surface area contributed by atoms with Crippen LogP contribution in [0.15, 0.2) is 41.3 Å². The van der Waals surface area contributed by atoms with Crippen molar-refractivity contribution in [1.29, 1.82) is 0 Å². The maximum atomic E-state index is 13.0. The minimum atomic E-state index is -3.52. The molecule has 0 atom stereocenters. The number of likely N-dealkylation sites (N-methyl/N-ethyl adjacent to an activating group) is 1. The van der Waals surface area contributed by atoms with E-state index in [-0.39, 0.29) is 10.3 Å². The third kappa shape index (κ3) is 3.50. The van der Waals surface area contributed by atoms with Crippen molar-refractivity contribution in [3.63, 3.8) is 0 Å². The molecule has 1 saturated heterocycles. The van der Waals surface area contributed by atoms with Crippen molar-refractivity contribution in [3.8, 4) is 11.5 Å². The molecule has 2 aromatic rings. The van der Waals surface area contributed by atoms with Crippen molar-refractivity contribution < 1.29 is 13.2 Å². The summed E-state index contributed by atoms with van der Waals surface area (Å²) in [7, 11) is -1.52. The Balaban J connectivity index is 1.62. The first-order valence-corrected chi connectivity index (χ1v) is 11.0. The summed E-state index contributed by atoms with van der Waals surface area (Å²) in [6, 6.07) is 11.1. The quantitative estimate of drug-likeness (QED) is 0.708. The zero-order valence-corrected chi connectivity index (χ0v) is 17.6. The maximum Gasteiger partial charge on any atom is 0.243 e. The van der Waals surface area contributed by atoms with Crippen LogP contribution in [-0.2, 0) is 15.4 Å². The Morgan fingerprint density at radius 3 is 2.32 bits per heavy atom. The molecule has 150 valence electrons. The first-order chi connectivity index (χ1) is 13.1. The van der Waals surface area contributed by atoms with E-state index in [1.807, 2.05) is 13.1 Å². The summed E-state index contributed by atoms with van der Waals surface area (Å²) in [5.41, 5.74) is 2.92. The summed E-state index contributed by atoms with van der Waals surface area (Å²) in [5.74, 6) is 1.24. The fraction of sp³-hybridized carbons (Fsp3) is 0.429. The molecule has 6 nitrogen and oxygen atoms in total. The van der Waals surface area contributed by atoms with Crippen molar-refractivity contribution >= 4 is 21.4 Å². The Labute approximate surface area is 167 Å². The van der Waals surface area contributed by atoms with Crippen LogP contribution in [0.25, 0.3) is 0 Å². The van der Waals surface area contributed by atoms with E-state index < -0.39 is 10.0 Å². The lowest BCUT2D eigenvalue weighted by Gasteiger charge is -2.32. The molecule has 0 aliphatic carbocycles. The van der Waals surface area contributed by atoms with Gasteiger partial charge in [0.2, 0.25) is 10.0 Å². The van der Waals surface area contributed by atoms with Crippen LogP contribution in [0.2, 0.25) is 0 Å². The maximum absolute atomic E-state index is 13.0. The molecule has 2 aromatic carbocycles. The lowest BCUT2D eigenvalue weighted by Crippen LogP contribution is -2.47. The third-order valence-corrected chi connectivity index (χ3v) is 7.28. The van der Waals surface area contributed by atoms with Gasteiger partial charge in [0.25, 0.3) is 0 Å². The molecule has 7 heteroatoms. The summed E-state index contributed by atoms with van der Waals surface area (Å²) in [6.45, 7) is 9.00. The standard InChI is InChI=1S/C21H27N3O3S/c1-21(2,3)15-5-8-19-18(13-15)22-17-7-6-16(14-20(17)27-19)28(25,26)24-11-9-23(4)10-12-24/h5-8,13-14,22H,9-12H2,1-4H3. The predicted molar refractivity (Wildman–Crippen MR) is 111 cm³/mol. The molecule has 2 aliphatic rings. The first kappa shape index (κ1) is 19.2. The van der Waals surface area contributed by atoms with E-state index in [0.29, 0.717) is 24.6 Å². The van der Waals surface area contributed by atoms with Crippen molar-refractivity contribution in [3.05, 3.63) is 42.0 Å². The van der Waals surface area contributed by atoms with Crippen LogP contribution in [0, 0.1) is 0 Å². The van der Waals surface area contributed by atoms with Crippen LogP contribution in [0.4, 0.5) is 11.4 Å². The molecule has 0 unspecified atom stereocenters. The highest BCUT2D eigenvalue weighted by Gasteiger charge is 2.29. The summed E-state index contributed by atoms with van der Waals surface area (Å²) >= 11 is 0. The smallest absolute Gasteiger partial charge is 0.243 e. The van der Waals surface area contributed by atoms with Crippen LogP contribution in [0.5, 0.6) is 11.5 Å². The number of anilines is 2. The van der Waals surface area contributed by atoms with Gasteiger partial charge in [-0.2, -0.15) is 4.31 Å². The Morgan fingerprint density at radius 1 is 0.929 bits per heavy atom. The van der Waals surface area contributed by atoms with Gasteiger partial charge in [-0.3, -0.25) is 0 Å². The monoisotopic (exact) mass is 401 g/mol. The summed E-state index contributed by atoms with van der Waals surface area (Å²) < 4.78 is 33.6. The summed E-state index contributed by atoms with van der Waals surface area (Å²) in [5, 5.41) is 3.38. The van der Waals surface area contributed by atoms with E-state index in [2.05, 4.69) is 43.1 Å². The van der Waals surface area contributed by atoms with E-state index in [1.165, 1.54) is 5.56 Å². The lowest BCUT2D eigenvalue weighted by atomic mass is 9.86. The molecule has 0 radical (unpaired) electrons. The van der Waals surface area contributed by atoms with Crippen molar-refractivity contribution in [1.82, 2.24) is 9.21 Å². The largest absolute Gasteiger partial charge is 0.453 e. The molecule has 0 aromatic heterocycles. The molecule has 1 fully saturated rings. The molecule has 1 N–H and O–H groups in total. The van der Waals surface area contributed by atoms with E-state index in [4.69, 9.17) is 4.74 Å². The number of hydrogen-bond donors (Lipinski definition) is 1. The van der Waals surface area contributed by atoms with Crippen LogP contribution in [0.3, 0.4) is 0 Å². The molecular weight excluding hydrogens is 374 g/mol. The van der Waals surface area contributed by atoms with Crippen molar-refractivity contribution in [2.75, 3.05) is 38.5 Å². The summed E-state index contributed by atoms with van der Waals surface area (Å²) in [4.78, 5) is 2.40. The molecule has 2 aliphatic heterocycles. The number of hydrogen-bond acceptors (Lipinski definition) is 5. The van der Waals surface area contributed by atoms with Gasteiger partial charge in [0, 0.05) is 32.2 Å². The van der Waals surface area contributed by atoms with Gasteiger partial charge < -0.3 is 15.0 Å². The van der Waals surface area contributed by atoms with Gasteiger partial charge >= 0.3 is 0 Å². The van der Waals surface area contributed by atoms with Gasteiger partial charge in [-0.05, 0) is 42.3 Å². The Morgan fingerprint density at radius 2 is 1.64 bits per heavy atom. The molecular formula is C21H27N3O3S. The number of piperazine rings is 1. The van der Waals surface area contributed by atoms with Gasteiger partial charge in [0.05, 0.1) is 16.3 Å². The fourth-order valence-corrected chi connectivity index (χ4v) is 4.91. The molecule has 0 saturated carbocycles. The van der Waals surface area contributed by atoms with Gasteiger partial charge in [0.15, 0.2) is 11.5 Å². The van der Waals surface area contributed by atoms with Gasteiger partial charge in [-0.1, -0.05) is 26.8 Å². The molecule has 0 amide bonds. The highest BCUT2D eigenvalue weighted by atomic mass is 32.2. The molecule has 4 rings (SSSR count). The topological polar surface area (TPSA) is 61.9 Å². The first-order valence-electron chi connectivity index (χ1n) is 9.57. The second-order valence-corrected chi connectivity index (χ2v) is 10.5. The summed E-state index contributed by atoms with van der Waals surface area (Å²) in [6.07, 6.45) is 0. The number of benzene rings is 2. The van der Waals surface area contributed by atoms with Gasteiger partial charge in [-0.25, -0.2) is 8.42 Å². The Hall–Kier alpha value is -2.09. The SMILES string of the molecule is CN1CCN(S(=O)(=O)c2ccc3c(c2)Oc2ccc(C(C)(C)C)cc2N3)CC1. The Kier molecular flexibility index (Phi) is 4.64. The molecule has 0 bridgehead atoms. The Bertz CT molecular complexity index is 1000. The van der Waals surface area contributed by atoms with Gasteiger partial charge in [0.1, 0.15) is 0 Å². The number of sulfonamides is 1. The van der Waals surface area contributed by atoms with Crippen molar-refractivity contribution in [2.24, 2.45) is 0 Å². The minimum absolute atomic E-state index is 0.0391. The van der Waals surface area contributed by atoms with Crippen molar-refractivity contribution in [2.45, 2.75) is 31.1 Å². The van der Waals surface area contributed by atoms with E-state index in [9.17, 15) is 8.42 Å². The number of rotatable bonds is 2. The molecule has 28 heavy (non-hydrogen) atoms. The highest BCUT2D eigenvalue weighted by Crippen LogP contribution is 2.44. The van der Waals surface area contributed by atoms with E-state index in [1.54, 1.807) is 22.5 Å². The zero-order chi connectivity index (χ0) is 20.1. The van der Waals surface area contributed by atoms with Crippen LogP contribution in [0.1, 0.15) is 26.3 Å². The van der Waals surface area contributed by atoms with Crippen LogP contribution < -0.4 is 10.1 Å². The van der Waals surface area contributed by atoms with Crippen LogP contribution >= 0.6 is 0 Å². The number of nitrogens with zero attached hydrogens (tertiary/aromatic N) is 2. The highest BCUT2D eigenvalue weighted by molar-refractivity contribution is 7.89. The lowest BCUT2D eigenvalue weighted by molar-refractivity contribution is 0.222. The number of fused-ring (bicyclic) bond motifs is 2. The number of nitrogens with one attached hydrogen (secondary N) is 1. The van der Waals surface area contributed by atoms with E-state index >= 15 is 0 Å². The zero-order valence-electron chi connectivity index (χ0n) is 16.8. The third-order valence-electron chi connectivity index (χ3n) is 5.39. The second kappa shape index (κ2) is 6.76. The average molecular weight is 402 g/mol. The second-order valence-electron chi connectivity index (χ2n) is 8.55. The molecule has 0 spiro atoms. The fourth-order valence-electron chi connectivity index (χ4n) is 3.48. The predicted octanol–water partition coefficient (Wildman–Crippen LogP) is 3.77. The molecule has 2 heterocycles. The van der Waals surface area contributed by atoms with E-state index in [0.717, 1.165) is 24.5 Å². The average Bonchev–Trinajstić information content (AvgIpc) is 2.65. The minimum Gasteiger partial charge on any atom is -0.453 e. The van der Waals surface area contributed by atoms with Crippen LogP contribution in [-0.4, -0.2) is 50.8 Å². The van der Waals surface area contributed by atoms with Gasteiger partial charge in [-0.15, -0.1) is 0 Å².